The van der Waals surface area contributed by atoms with Gasteiger partial charge < -0.3 is 9.47 Å². The summed E-state index contributed by atoms with van der Waals surface area (Å²) >= 11 is 1.78. The highest BCUT2D eigenvalue weighted by Crippen LogP contribution is 2.46. The molecule has 1 aliphatic heterocycles. The van der Waals surface area contributed by atoms with Gasteiger partial charge in [0.1, 0.15) is 17.2 Å². The van der Waals surface area contributed by atoms with Crippen molar-refractivity contribution in [1.82, 2.24) is 9.97 Å². The zero-order valence-electron chi connectivity index (χ0n) is 21.3. The van der Waals surface area contributed by atoms with Gasteiger partial charge in [-0.05, 0) is 63.3 Å². The van der Waals surface area contributed by atoms with E-state index in [1.165, 1.54) is 5.56 Å². The summed E-state index contributed by atoms with van der Waals surface area (Å²) in [5.41, 5.74) is 2.85. The smallest absolute Gasteiger partial charge is 0.305 e. The molecule has 34 heavy (non-hydrogen) atoms. The van der Waals surface area contributed by atoms with Gasteiger partial charge in [0, 0.05) is 41.3 Å². The lowest BCUT2D eigenvalue weighted by Gasteiger charge is -2.42. The van der Waals surface area contributed by atoms with Gasteiger partial charge in [0.15, 0.2) is 0 Å². The third kappa shape index (κ3) is 6.99. The van der Waals surface area contributed by atoms with Crippen molar-refractivity contribution >= 4 is 17.7 Å². The van der Waals surface area contributed by atoms with Gasteiger partial charge in [0.05, 0.1) is 12.2 Å². The Labute approximate surface area is 208 Å². The van der Waals surface area contributed by atoms with Gasteiger partial charge >= 0.3 is 5.97 Å². The number of carbonyl (C=O) groups is 1. The van der Waals surface area contributed by atoms with Crippen LogP contribution in [-0.4, -0.2) is 33.9 Å². The Hall–Kier alpha value is -2.52. The van der Waals surface area contributed by atoms with Crippen LogP contribution in [-0.2, 0) is 21.4 Å². The Kier molecular flexibility index (Phi) is 8.65. The van der Waals surface area contributed by atoms with Crippen LogP contribution in [0, 0.1) is 11.8 Å². The first-order chi connectivity index (χ1) is 16.1. The number of fused-ring (bicyclic) bond motifs is 1. The SMILES string of the molecule is CCOC(=O)CCCCc1ncc(C#Cc2cc3c(cc2SCC)OC(C)(C)CC3(C)C)cn1. The zero-order chi connectivity index (χ0) is 24.8. The maximum atomic E-state index is 11.4. The number of ether oxygens (including phenoxy) is 2. The minimum absolute atomic E-state index is 0.0148. The van der Waals surface area contributed by atoms with Crippen molar-refractivity contribution in [3.8, 4) is 17.6 Å². The molecule has 0 radical (unpaired) electrons. The van der Waals surface area contributed by atoms with Crippen LogP contribution in [0.1, 0.15) is 89.7 Å². The second-order valence-corrected chi connectivity index (χ2v) is 11.2. The highest BCUT2D eigenvalue weighted by molar-refractivity contribution is 7.99. The average Bonchev–Trinajstić information content (AvgIpc) is 2.75. The topological polar surface area (TPSA) is 61.3 Å². The Balaban J connectivity index is 1.73. The monoisotopic (exact) mass is 480 g/mol. The van der Waals surface area contributed by atoms with Crippen LogP contribution in [0.2, 0.25) is 0 Å². The van der Waals surface area contributed by atoms with E-state index in [0.717, 1.165) is 59.0 Å². The number of thioether (sulfide) groups is 1. The molecule has 1 aromatic carbocycles. The number of nitrogens with zero attached hydrogens (tertiary/aromatic N) is 2. The molecule has 0 saturated heterocycles. The highest BCUT2D eigenvalue weighted by Gasteiger charge is 2.39. The number of unbranched alkanes of at least 4 members (excludes halogenated alkanes) is 1. The summed E-state index contributed by atoms with van der Waals surface area (Å²) in [5, 5.41) is 0. The molecule has 0 N–H and O–H groups in total. The summed E-state index contributed by atoms with van der Waals surface area (Å²) in [4.78, 5) is 21.5. The molecule has 0 fully saturated rings. The lowest BCUT2D eigenvalue weighted by Crippen LogP contribution is -2.41. The first-order valence-corrected chi connectivity index (χ1v) is 13.1. The van der Waals surface area contributed by atoms with Crippen molar-refractivity contribution in [1.29, 1.82) is 0 Å². The van der Waals surface area contributed by atoms with Crippen molar-refractivity contribution in [3.63, 3.8) is 0 Å². The van der Waals surface area contributed by atoms with Crippen molar-refractivity contribution < 1.29 is 14.3 Å². The Morgan fingerprint density at radius 2 is 1.85 bits per heavy atom. The van der Waals surface area contributed by atoms with Gasteiger partial charge in [-0.1, -0.05) is 32.6 Å². The molecule has 5 nitrogen and oxygen atoms in total. The number of esters is 1. The Morgan fingerprint density at radius 1 is 1.12 bits per heavy atom. The van der Waals surface area contributed by atoms with Crippen LogP contribution in [0.3, 0.4) is 0 Å². The number of aromatic nitrogens is 2. The fraction of sp³-hybridized carbons (Fsp3) is 0.536. The molecular weight excluding hydrogens is 444 g/mol. The Bertz CT molecular complexity index is 1070. The average molecular weight is 481 g/mol. The molecule has 182 valence electrons. The van der Waals surface area contributed by atoms with Crippen LogP contribution in [0.5, 0.6) is 5.75 Å². The highest BCUT2D eigenvalue weighted by atomic mass is 32.2. The molecule has 3 rings (SSSR count). The van der Waals surface area contributed by atoms with E-state index in [4.69, 9.17) is 9.47 Å². The van der Waals surface area contributed by atoms with E-state index >= 15 is 0 Å². The van der Waals surface area contributed by atoms with Crippen LogP contribution >= 0.6 is 11.8 Å². The van der Waals surface area contributed by atoms with E-state index in [2.05, 4.69) is 68.6 Å². The third-order valence-electron chi connectivity index (χ3n) is 5.75. The van der Waals surface area contributed by atoms with E-state index in [0.29, 0.717) is 13.0 Å². The quantitative estimate of drug-likeness (QED) is 0.197. The van der Waals surface area contributed by atoms with Gasteiger partial charge in [-0.2, -0.15) is 0 Å². The fourth-order valence-corrected chi connectivity index (χ4v) is 5.28. The number of rotatable bonds is 8. The number of hydrogen-bond acceptors (Lipinski definition) is 6. The van der Waals surface area contributed by atoms with Gasteiger partial charge in [-0.3, -0.25) is 4.79 Å². The third-order valence-corrected chi connectivity index (χ3v) is 6.69. The van der Waals surface area contributed by atoms with Crippen molar-refractivity contribution in [2.45, 2.75) is 89.6 Å². The standard InChI is InChI=1S/C28H36N2O3S/c1-7-32-26(31)12-10-9-11-25-29-17-20(18-30-25)13-14-21-15-22-23(16-24(21)34-8-2)33-28(5,6)19-27(22,3)4/h15-18H,7-12,19H2,1-6H3. The van der Waals surface area contributed by atoms with Crippen molar-refractivity contribution in [3.05, 3.63) is 47.0 Å². The maximum Gasteiger partial charge on any atom is 0.305 e. The van der Waals surface area contributed by atoms with E-state index in [1.54, 1.807) is 24.2 Å². The normalized spacial score (nSPS) is 15.5. The summed E-state index contributed by atoms with van der Waals surface area (Å²) < 4.78 is 11.3. The molecule has 0 saturated carbocycles. The summed E-state index contributed by atoms with van der Waals surface area (Å²) in [7, 11) is 0. The van der Waals surface area contributed by atoms with Gasteiger partial charge in [-0.25, -0.2) is 9.97 Å². The lowest BCUT2D eigenvalue weighted by atomic mass is 9.73. The van der Waals surface area contributed by atoms with Crippen LogP contribution in [0.15, 0.2) is 29.4 Å². The molecule has 0 bridgehead atoms. The largest absolute Gasteiger partial charge is 0.487 e. The van der Waals surface area contributed by atoms with Gasteiger partial charge in [0.25, 0.3) is 0 Å². The lowest BCUT2D eigenvalue weighted by molar-refractivity contribution is -0.143. The minimum Gasteiger partial charge on any atom is -0.487 e. The van der Waals surface area contributed by atoms with Crippen molar-refractivity contribution in [2.75, 3.05) is 12.4 Å². The molecular formula is C28H36N2O3S. The predicted octanol–water partition coefficient (Wildman–Crippen LogP) is 6.10. The molecule has 0 unspecified atom stereocenters. The molecule has 0 atom stereocenters. The summed E-state index contributed by atoms with van der Waals surface area (Å²) in [6.45, 7) is 13.3. The predicted molar refractivity (Wildman–Crippen MR) is 137 cm³/mol. The molecule has 0 spiro atoms. The molecule has 2 heterocycles. The molecule has 0 amide bonds. The number of hydrogen-bond donors (Lipinski definition) is 0. The number of aryl methyl sites for hydroxylation is 1. The minimum atomic E-state index is -0.185. The van der Waals surface area contributed by atoms with Gasteiger partial charge in [-0.15, -0.1) is 11.8 Å². The first-order valence-electron chi connectivity index (χ1n) is 12.1. The zero-order valence-corrected chi connectivity index (χ0v) is 22.1. The van der Waals surface area contributed by atoms with Crippen LogP contribution in [0.4, 0.5) is 0 Å². The van der Waals surface area contributed by atoms with E-state index in [-0.39, 0.29) is 17.0 Å². The fourth-order valence-electron chi connectivity index (χ4n) is 4.51. The van der Waals surface area contributed by atoms with Crippen molar-refractivity contribution in [2.24, 2.45) is 0 Å². The molecule has 2 aromatic rings. The number of benzene rings is 1. The molecule has 1 aromatic heterocycles. The second-order valence-electron chi connectivity index (χ2n) is 9.85. The van der Waals surface area contributed by atoms with Crippen LogP contribution in [0.25, 0.3) is 0 Å². The Morgan fingerprint density at radius 3 is 2.53 bits per heavy atom. The molecule has 6 heteroatoms. The molecule has 0 aliphatic carbocycles. The molecule has 1 aliphatic rings. The number of carbonyl (C=O) groups excluding carboxylic acids is 1. The summed E-state index contributed by atoms with van der Waals surface area (Å²) in [6.07, 6.45) is 7.32. The van der Waals surface area contributed by atoms with E-state index < -0.39 is 0 Å². The van der Waals surface area contributed by atoms with Gasteiger partial charge in [0.2, 0.25) is 0 Å². The second kappa shape index (κ2) is 11.3. The van der Waals surface area contributed by atoms with Crippen LogP contribution < -0.4 is 4.74 Å². The summed E-state index contributed by atoms with van der Waals surface area (Å²) in [5.74, 6) is 9.17. The summed E-state index contributed by atoms with van der Waals surface area (Å²) in [6, 6.07) is 4.36. The maximum absolute atomic E-state index is 11.4. The van der Waals surface area contributed by atoms with E-state index in [9.17, 15) is 4.79 Å². The first kappa shape index (κ1) is 26.1. The van der Waals surface area contributed by atoms with E-state index in [1.807, 2.05) is 6.92 Å².